The van der Waals surface area contributed by atoms with Crippen molar-refractivity contribution in [2.45, 2.75) is 32.7 Å². The van der Waals surface area contributed by atoms with E-state index >= 15 is 0 Å². The van der Waals surface area contributed by atoms with E-state index in [4.69, 9.17) is 9.47 Å². The van der Waals surface area contributed by atoms with Crippen LogP contribution in [0, 0.1) is 6.92 Å². The molecule has 1 unspecified atom stereocenters. The number of thioether (sulfide) groups is 1. The summed E-state index contributed by atoms with van der Waals surface area (Å²) in [7, 11) is 3.50. The zero-order chi connectivity index (χ0) is 15.5. The monoisotopic (exact) mass is 311 g/mol. The molecule has 0 heterocycles. The second-order valence-corrected chi connectivity index (χ2v) is 6.32. The Morgan fingerprint density at radius 2 is 2.10 bits per heavy atom. The largest absolute Gasteiger partial charge is 0.496 e. The first-order valence-electron chi connectivity index (χ1n) is 7.67. The second-order valence-electron chi connectivity index (χ2n) is 5.17. The van der Waals surface area contributed by atoms with Crippen molar-refractivity contribution in [3.05, 3.63) is 29.3 Å². The fourth-order valence-electron chi connectivity index (χ4n) is 2.21. The summed E-state index contributed by atoms with van der Waals surface area (Å²) < 4.78 is 10.6. The molecular weight excluding hydrogens is 282 g/mol. The Bertz CT molecular complexity index is 398. The Morgan fingerprint density at radius 1 is 1.29 bits per heavy atom. The minimum Gasteiger partial charge on any atom is -0.496 e. The lowest BCUT2D eigenvalue weighted by atomic mass is 10.0. The molecule has 21 heavy (non-hydrogen) atoms. The smallest absolute Gasteiger partial charge is 0.123 e. The van der Waals surface area contributed by atoms with Crippen molar-refractivity contribution < 1.29 is 9.47 Å². The number of benzene rings is 1. The van der Waals surface area contributed by atoms with Gasteiger partial charge in [-0.1, -0.05) is 24.6 Å². The number of methoxy groups -OCH3 is 2. The Hall–Kier alpha value is -0.710. The van der Waals surface area contributed by atoms with Crippen LogP contribution in [0.5, 0.6) is 5.75 Å². The van der Waals surface area contributed by atoms with Crippen LogP contribution in [0.3, 0.4) is 0 Å². The summed E-state index contributed by atoms with van der Waals surface area (Å²) in [5.41, 5.74) is 2.55. The zero-order valence-electron chi connectivity index (χ0n) is 13.8. The van der Waals surface area contributed by atoms with Crippen molar-refractivity contribution in [1.82, 2.24) is 5.32 Å². The van der Waals surface area contributed by atoms with E-state index in [0.717, 1.165) is 43.2 Å². The molecule has 0 saturated carbocycles. The van der Waals surface area contributed by atoms with E-state index < -0.39 is 0 Å². The second kappa shape index (κ2) is 10.9. The predicted octanol–water partition coefficient (Wildman–Crippen LogP) is 3.81. The van der Waals surface area contributed by atoms with Crippen LogP contribution in [0.1, 0.15) is 36.9 Å². The number of ether oxygens (including phenoxy) is 2. The molecule has 1 atom stereocenters. The third-order valence-corrected chi connectivity index (χ3v) is 4.47. The summed E-state index contributed by atoms with van der Waals surface area (Å²) in [6.07, 6.45) is 2.24. The zero-order valence-corrected chi connectivity index (χ0v) is 14.6. The van der Waals surface area contributed by atoms with Crippen LogP contribution in [0.15, 0.2) is 18.2 Å². The molecule has 0 fully saturated rings. The molecule has 4 heteroatoms. The minimum atomic E-state index is 0.340. The van der Waals surface area contributed by atoms with Gasteiger partial charge in [0.2, 0.25) is 0 Å². The number of rotatable bonds is 11. The van der Waals surface area contributed by atoms with Gasteiger partial charge < -0.3 is 14.8 Å². The molecular formula is C17H29NO2S. The highest BCUT2D eigenvalue weighted by Crippen LogP contribution is 2.28. The van der Waals surface area contributed by atoms with Gasteiger partial charge in [-0.15, -0.1) is 0 Å². The summed E-state index contributed by atoms with van der Waals surface area (Å²) in [5, 5.41) is 3.65. The summed E-state index contributed by atoms with van der Waals surface area (Å²) in [6, 6.07) is 6.75. The fraction of sp³-hybridized carbons (Fsp3) is 0.647. The van der Waals surface area contributed by atoms with Gasteiger partial charge >= 0.3 is 0 Å². The molecule has 0 bridgehead atoms. The maximum Gasteiger partial charge on any atom is 0.123 e. The first kappa shape index (κ1) is 18.3. The number of nitrogens with one attached hydrogen (secondary N) is 1. The van der Waals surface area contributed by atoms with Crippen LogP contribution in [0.25, 0.3) is 0 Å². The van der Waals surface area contributed by atoms with E-state index in [1.807, 2.05) is 11.8 Å². The van der Waals surface area contributed by atoms with Gasteiger partial charge in [0.05, 0.1) is 7.11 Å². The lowest BCUT2D eigenvalue weighted by Gasteiger charge is -2.21. The van der Waals surface area contributed by atoms with Crippen molar-refractivity contribution >= 4 is 11.8 Å². The van der Waals surface area contributed by atoms with Gasteiger partial charge in [-0.2, -0.15) is 11.8 Å². The van der Waals surface area contributed by atoms with Gasteiger partial charge in [0, 0.05) is 31.1 Å². The SMILES string of the molecule is CCCNC(CSCCCOC)c1cc(C)ccc1OC. The van der Waals surface area contributed by atoms with E-state index in [0.29, 0.717) is 6.04 Å². The third-order valence-electron chi connectivity index (χ3n) is 3.32. The van der Waals surface area contributed by atoms with Crippen molar-refractivity contribution in [1.29, 1.82) is 0 Å². The van der Waals surface area contributed by atoms with Gasteiger partial charge in [0.1, 0.15) is 5.75 Å². The minimum absolute atomic E-state index is 0.340. The topological polar surface area (TPSA) is 30.5 Å². The highest BCUT2D eigenvalue weighted by Gasteiger charge is 2.15. The molecule has 0 aliphatic carbocycles. The standard InChI is InChI=1S/C17H29NO2S/c1-5-9-18-16(13-21-11-6-10-19-3)15-12-14(2)7-8-17(15)20-4/h7-8,12,16,18H,5-6,9-11,13H2,1-4H3. The maximum atomic E-state index is 5.54. The average molecular weight is 311 g/mol. The first-order valence-corrected chi connectivity index (χ1v) is 8.83. The summed E-state index contributed by atoms with van der Waals surface area (Å²) >= 11 is 1.97. The van der Waals surface area contributed by atoms with E-state index in [1.54, 1.807) is 14.2 Å². The lowest BCUT2D eigenvalue weighted by molar-refractivity contribution is 0.200. The van der Waals surface area contributed by atoms with Gasteiger partial charge in [0.15, 0.2) is 0 Å². The highest BCUT2D eigenvalue weighted by atomic mass is 32.2. The van der Waals surface area contributed by atoms with Crippen molar-refractivity contribution in [2.75, 3.05) is 38.9 Å². The lowest BCUT2D eigenvalue weighted by Crippen LogP contribution is -2.25. The molecule has 3 nitrogen and oxygen atoms in total. The van der Waals surface area contributed by atoms with Crippen LogP contribution >= 0.6 is 11.8 Å². The molecule has 0 radical (unpaired) electrons. The average Bonchev–Trinajstić information content (AvgIpc) is 2.50. The van der Waals surface area contributed by atoms with Crippen LogP contribution < -0.4 is 10.1 Å². The molecule has 1 aromatic rings. The number of hydrogen-bond acceptors (Lipinski definition) is 4. The van der Waals surface area contributed by atoms with E-state index in [2.05, 4.69) is 37.4 Å². The fourth-order valence-corrected chi connectivity index (χ4v) is 3.23. The Kier molecular flexibility index (Phi) is 9.55. The van der Waals surface area contributed by atoms with Crippen molar-refractivity contribution in [2.24, 2.45) is 0 Å². The number of aryl methyl sites for hydroxylation is 1. The molecule has 0 spiro atoms. The Labute approximate surface area is 133 Å². The van der Waals surface area contributed by atoms with E-state index in [-0.39, 0.29) is 0 Å². The molecule has 0 amide bonds. The van der Waals surface area contributed by atoms with Crippen molar-refractivity contribution in [3.63, 3.8) is 0 Å². The molecule has 1 aromatic carbocycles. The molecule has 0 aliphatic rings. The van der Waals surface area contributed by atoms with E-state index in [9.17, 15) is 0 Å². The van der Waals surface area contributed by atoms with Gasteiger partial charge in [0.25, 0.3) is 0 Å². The maximum absolute atomic E-state index is 5.54. The van der Waals surface area contributed by atoms with E-state index in [1.165, 1.54) is 11.1 Å². The van der Waals surface area contributed by atoms with Crippen LogP contribution in [0.4, 0.5) is 0 Å². The Morgan fingerprint density at radius 3 is 2.76 bits per heavy atom. The summed E-state index contributed by atoms with van der Waals surface area (Å²) in [4.78, 5) is 0. The quantitative estimate of drug-likeness (QED) is 0.629. The molecule has 120 valence electrons. The molecule has 0 saturated heterocycles. The molecule has 0 aromatic heterocycles. The van der Waals surface area contributed by atoms with Crippen LogP contribution in [-0.4, -0.2) is 38.9 Å². The van der Waals surface area contributed by atoms with Gasteiger partial charge in [-0.3, -0.25) is 0 Å². The normalized spacial score (nSPS) is 12.4. The summed E-state index contributed by atoms with van der Waals surface area (Å²) in [6.45, 7) is 6.20. The third kappa shape index (κ3) is 6.72. The molecule has 1 rings (SSSR count). The predicted molar refractivity (Wildman–Crippen MR) is 92.6 cm³/mol. The van der Waals surface area contributed by atoms with Gasteiger partial charge in [-0.05, 0) is 38.1 Å². The van der Waals surface area contributed by atoms with Crippen molar-refractivity contribution in [3.8, 4) is 5.75 Å². The highest BCUT2D eigenvalue weighted by molar-refractivity contribution is 7.99. The first-order chi connectivity index (χ1) is 10.2. The molecule has 1 N–H and O–H groups in total. The van der Waals surface area contributed by atoms with Crippen LogP contribution in [0.2, 0.25) is 0 Å². The number of hydrogen-bond donors (Lipinski definition) is 1. The Balaban J connectivity index is 2.69. The van der Waals surface area contributed by atoms with Crippen LogP contribution in [-0.2, 0) is 4.74 Å². The summed E-state index contributed by atoms with van der Waals surface area (Å²) in [5.74, 6) is 3.17. The molecule has 0 aliphatic heterocycles. The van der Waals surface area contributed by atoms with Gasteiger partial charge in [-0.25, -0.2) is 0 Å².